The SMILES string of the molecule is CC(=NNC(=O)c1sc2ccccc2c1Cl)c1cccc(NC(=O)C(F)(F)C(F)(F)C(F)(F)F)c1. The second-order valence-electron chi connectivity index (χ2n) is 7.06. The smallest absolute Gasteiger partial charge is 0.321 e. The van der Waals surface area contributed by atoms with Gasteiger partial charge in [0.2, 0.25) is 0 Å². The van der Waals surface area contributed by atoms with Crippen molar-refractivity contribution in [3.8, 4) is 0 Å². The summed E-state index contributed by atoms with van der Waals surface area (Å²) < 4.78 is 90.9. The number of fused-ring (bicyclic) bond motifs is 1. The molecule has 35 heavy (non-hydrogen) atoms. The van der Waals surface area contributed by atoms with Crippen LogP contribution in [-0.4, -0.2) is 35.5 Å². The fraction of sp³-hybridized carbons (Fsp3) is 0.190. The zero-order valence-corrected chi connectivity index (χ0v) is 18.9. The van der Waals surface area contributed by atoms with Crippen molar-refractivity contribution < 1.29 is 40.3 Å². The maximum absolute atomic E-state index is 13.6. The highest BCUT2D eigenvalue weighted by molar-refractivity contribution is 7.21. The summed E-state index contributed by atoms with van der Waals surface area (Å²) in [7, 11) is 0. The highest BCUT2D eigenvalue weighted by atomic mass is 35.5. The number of anilines is 1. The number of hydrogen-bond donors (Lipinski definition) is 2. The molecule has 2 amide bonds. The summed E-state index contributed by atoms with van der Waals surface area (Å²) in [5, 5.41) is 6.09. The van der Waals surface area contributed by atoms with E-state index in [1.54, 1.807) is 24.3 Å². The van der Waals surface area contributed by atoms with E-state index >= 15 is 0 Å². The Labute approximate surface area is 201 Å². The standard InChI is InChI=1S/C21H13ClF7N3O2S/c1-10(31-32-17(33)16-15(22)13-7-2-3-8-14(13)35-16)11-5-4-6-12(9-11)30-18(34)19(23,24)20(25,26)21(27,28)29/h2-9H,1H3,(H,30,34)(H,32,33). The van der Waals surface area contributed by atoms with E-state index in [0.717, 1.165) is 28.2 Å². The van der Waals surface area contributed by atoms with Gasteiger partial charge >= 0.3 is 23.9 Å². The van der Waals surface area contributed by atoms with Crippen LogP contribution in [0.4, 0.5) is 36.4 Å². The van der Waals surface area contributed by atoms with Crippen LogP contribution < -0.4 is 10.7 Å². The number of carbonyl (C=O) groups excluding carboxylic acids is 2. The average molecular weight is 540 g/mol. The van der Waals surface area contributed by atoms with E-state index in [1.165, 1.54) is 24.4 Å². The Morgan fingerprint density at radius 1 is 0.971 bits per heavy atom. The fourth-order valence-corrected chi connectivity index (χ4v) is 4.17. The maximum Gasteiger partial charge on any atom is 0.460 e. The number of hydrazone groups is 1. The molecular weight excluding hydrogens is 527 g/mol. The number of benzene rings is 2. The number of hydrogen-bond acceptors (Lipinski definition) is 4. The number of amides is 2. The lowest BCUT2D eigenvalue weighted by Gasteiger charge is -2.27. The molecule has 3 rings (SSSR count). The molecule has 5 nitrogen and oxygen atoms in total. The van der Waals surface area contributed by atoms with E-state index < -0.39 is 35.5 Å². The van der Waals surface area contributed by atoms with Crippen molar-refractivity contribution in [2.45, 2.75) is 24.9 Å². The number of carbonyl (C=O) groups is 2. The van der Waals surface area contributed by atoms with Crippen molar-refractivity contribution >= 4 is 56.2 Å². The summed E-state index contributed by atoms with van der Waals surface area (Å²) in [6.07, 6.45) is -6.64. The largest absolute Gasteiger partial charge is 0.460 e. The Bertz CT molecular complexity index is 1320. The van der Waals surface area contributed by atoms with Gasteiger partial charge < -0.3 is 5.32 Å². The second kappa shape index (κ2) is 9.46. The highest BCUT2D eigenvalue weighted by Crippen LogP contribution is 2.46. The van der Waals surface area contributed by atoms with Gasteiger partial charge in [-0.15, -0.1) is 11.3 Å². The zero-order valence-electron chi connectivity index (χ0n) is 17.3. The van der Waals surface area contributed by atoms with Crippen LogP contribution in [0, 0.1) is 0 Å². The molecule has 0 aliphatic carbocycles. The third-order valence-corrected chi connectivity index (χ3v) is 6.31. The van der Waals surface area contributed by atoms with Gasteiger partial charge in [-0.25, -0.2) is 5.43 Å². The molecule has 1 aromatic heterocycles. The second-order valence-corrected chi connectivity index (χ2v) is 8.49. The molecule has 0 fully saturated rings. The summed E-state index contributed by atoms with van der Waals surface area (Å²) in [4.78, 5) is 24.2. The van der Waals surface area contributed by atoms with Crippen LogP contribution in [0.1, 0.15) is 22.2 Å². The van der Waals surface area contributed by atoms with Crippen LogP contribution in [0.3, 0.4) is 0 Å². The van der Waals surface area contributed by atoms with Gasteiger partial charge in [0, 0.05) is 15.8 Å². The molecule has 2 aromatic carbocycles. The minimum absolute atomic E-state index is 0.0964. The van der Waals surface area contributed by atoms with Crippen LogP contribution in [0.5, 0.6) is 0 Å². The molecule has 3 aromatic rings. The van der Waals surface area contributed by atoms with Gasteiger partial charge in [0.1, 0.15) is 4.88 Å². The number of alkyl halides is 7. The van der Waals surface area contributed by atoms with Gasteiger partial charge in [-0.05, 0) is 30.7 Å². The van der Waals surface area contributed by atoms with E-state index in [0.29, 0.717) is 5.39 Å². The van der Waals surface area contributed by atoms with Crippen molar-refractivity contribution in [1.29, 1.82) is 0 Å². The molecule has 186 valence electrons. The number of rotatable bonds is 6. The minimum atomic E-state index is -6.64. The van der Waals surface area contributed by atoms with Crippen LogP contribution in [0.15, 0.2) is 53.6 Å². The molecule has 0 unspecified atom stereocenters. The van der Waals surface area contributed by atoms with Gasteiger partial charge in [-0.3, -0.25) is 9.59 Å². The summed E-state index contributed by atoms with van der Waals surface area (Å²) in [5.74, 6) is -16.1. The Kier molecular flexibility index (Phi) is 7.14. The minimum Gasteiger partial charge on any atom is -0.321 e. The molecule has 14 heteroatoms. The Morgan fingerprint density at radius 3 is 2.26 bits per heavy atom. The Balaban J connectivity index is 1.76. The van der Waals surface area contributed by atoms with E-state index in [1.807, 2.05) is 0 Å². The molecule has 1 heterocycles. The van der Waals surface area contributed by atoms with E-state index in [9.17, 15) is 40.3 Å². The molecule has 0 saturated carbocycles. The summed E-state index contributed by atoms with van der Waals surface area (Å²) >= 11 is 7.35. The first-order valence-corrected chi connectivity index (χ1v) is 10.6. The first kappa shape index (κ1) is 26.4. The zero-order chi connectivity index (χ0) is 26.2. The summed E-state index contributed by atoms with van der Waals surface area (Å²) in [5.41, 5.74) is 1.99. The van der Waals surface area contributed by atoms with Gasteiger partial charge in [0.25, 0.3) is 5.91 Å². The topological polar surface area (TPSA) is 70.6 Å². The van der Waals surface area contributed by atoms with E-state index in [2.05, 4.69) is 10.5 Å². The van der Waals surface area contributed by atoms with Crippen molar-refractivity contribution in [3.05, 3.63) is 64.0 Å². The first-order chi connectivity index (χ1) is 16.2. The van der Waals surface area contributed by atoms with Crippen LogP contribution in [-0.2, 0) is 4.79 Å². The molecule has 0 bridgehead atoms. The van der Waals surface area contributed by atoms with Crippen molar-refractivity contribution in [3.63, 3.8) is 0 Å². The summed E-state index contributed by atoms with van der Waals surface area (Å²) in [6, 6.07) is 11.6. The number of thiophene rings is 1. The normalized spacial score (nSPS) is 13.1. The van der Waals surface area contributed by atoms with Gasteiger partial charge in [-0.1, -0.05) is 41.9 Å². The highest BCUT2D eigenvalue weighted by Gasteiger charge is 2.76. The molecule has 0 spiro atoms. The van der Waals surface area contributed by atoms with Crippen LogP contribution in [0.25, 0.3) is 10.1 Å². The molecule has 2 N–H and O–H groups in total. The number of halogens is 8. The number of nitrogens with one attached hydrogen (secondary N) is 2. The van der Waals surface area contributed by atoms with Crippen LogP contribution >= 0.6 is 22.9 Å². The predicted octanol–water partition coefficient (Wildman–Crippen LogP) is 6.48. The monoisotopic (exact) mass is 539 g/mol. The van der Waals surface area contributed by atoms with Crippen LogP contribution in [0.2, 0.25) is 5.02 Å². The lowest BCUT2D eigenvalue weighted by atomic mass is 10.1. The summed E-state index contributed by atoms with van der Waals surface area (Å²) in [6.45, 7) is 1.39. The number of nitrogens with zero attached hydrogens (tertiary/aromatic N) is 1. The lowest BCUT2D eigenvalue weighted by molar-refractivity contribution is -0.343. The molecule has 0 radical (unpaired) electrons. The van der Waals surface area contributed by atoms with E-state index in [4.69, 9.17) is 11.6 Å². The third kappa shape index (κ3) is 5.10. The first-order valence-electron chi connectivity index (χ1n) is 9.42. The fourth-order valence-electron chi connectivity index (χ4n) is 2.76. The molecular formula is C21H13ClF7N3O2S. The average Bonchev–Trinajstić information content (AvgIpc) is 3.13. The lowest BCUT2D eigenvalue weighted by Crippen LogP contribution is -2.57. The van der Waals surface area contributed by atoms with Crippen molar-refractivity contribution in [1.82, 2.24) is 5.43 Å². The molecule has 0 saturated heterocycles. The Morgan fingerprint density at radius 2 is 1.63 bits per heavy atom. The molecule has 0 aliphatic heterocycles. The maximum atomic E-state index is 13.6. The third-order valence-electron chi connectivity index (χ3n) is 4.64. The van der Waals surface area contributed by atoms with Gasteiger partial charge in [-0.2, -0.15) is 35.8 Å². The molecule has 0 aliphatic rings. The van der Waals surface area contributed by atoms with Crippen molar-refractivity contribution in [2.75, 3.05) is 5.32 Å². The van der Waals surface area contributed by atoms with Gasteiger partial charge in [0.05, 0.1) is 10.7 Å². The molecule has 0 atom stereocenters. The predicted molar refractivity (Wildman–Crippen MR) is 118 cm³/mol. The van der Waals surface area contributed by atoms with E-state index in [-0.39, 0.29) is 21.2 Å². The quantitative estimate of drug-likeness (QED) is 0.214. The Hall–Kier alpha value is -3.19. The van der Waals surface area contributed by atoms with Gasteiger partial charge in [0.15, 0.2) is 0 Å². The van der Waals surface area contributed by atoms with Crippen molar-refractivity contribution in [2.24, 2.45) is 5.10 Å².